The molecule has 7 heteroatoms. The van der Waals surface area contributed by atoms with E-state index in [0.717, 1.165) is 16.3 Å². The van der Waals surface area contributed by atoms with Crippen molar-refractivity contribution < 1.29 is 8.42 Å². The van der Waals surface area contributed by atoms with Crippen LogP contribution in [-0.4, -0.2) is 20.4 Å². The lowest BCUT2D eigenvalue weighted by molar-refractivity contribution is 0.487. The molecule has 2 N–H and O–H groups in total. The lowest BCUT2D eigenvalue weighted by Gasteiger charge is -2.19. The van der Waals surface area contributed by atoms with Crippen LogP contribution in [0.5, 0.6) is 0 Å². The highest BCUT2D eigenvalue weighted by atomic mass is 32.2. The molecule has 0 saturated heterocycles. The minimum absolute atomic E-state index is 0.100. The fraction of sp³-hybridized carbons (Fsp3) is 0.400. The molecule has 120 valence electrons. The molecule has 22 heavy (non-hydrogen) atoms. The third kappa shape index (κ3) is 3.92. The van der Waals surface area contributed by atoms with Crippen molar-refractivity contribution in [2.75, 3.05) is 7.05 Å². The van der Waals surface area contributed by atoms with E-state index < -0.39 is 10.0 Å². The third-order valence-corrected chi connectivity index (χ3v) is 5.76. The number of nitrogens with one attached hydrogen (secondary N) is 2. The summed E-state index contributed by atoms with van der Waals surface area (Å²) in [7, 11) is -1.98. The van der Waals surface area contributed by atoms with Gasteiger partial charge in [0.1, 0.15) is 0 Å². The molecule has 1 heterocycles. The van der Waals surface area contributed by atoms with Gasteiger partial charge in [0.2, 0.25) is 10.0 Å². The molecule has 0 fully saturated rings. The number of aryl methyl sites for hydroxylation is 1. The van der Waals surface area contributed by atoms with E-state index >= 15 is 0 Å². The minimum Gasteiger partial charge on any atom is -0.302 e. The molecule has 0 spiro atoms. The molecule has 2 atom stereocenters. The van der Waals surface area contributed by atoms with Crippen LogP contribution in [0.15, 0.2) is 34.5 Å². The lowest BCUT2D eigenvalue weighted by atomic mass is 10.1. The van der Waals surface area contributed by atoms with Gasteiger partial charge in [0.25, 0.3) is 0 Å². The van der Waals surface area contributed by atoms with Crippen LogP contribution in [0.25, 0.3) is 0 Å². The Hall–Kier alpha value is -1.28. The van der Waals surface area contributed by atoms with E-state index in [1.807, 2.05) is 19.1 Å². The van der Waals surface area contributed by atoms with Gasteiger partial charge in [0.05, 0.1) is 15.6 Å². The van der Waals surface area contributed by atoms with Gasteiger partial charge in [-0.3, -0.25) is 0 Å². The zero-order valence-electron chi connectivity index (χ0n) is 13.1. The Kier molecular flexibility index (Phi) is 5.33. The van der Waals surface area contributed by atoms with Gasteiger partial charge < -0.3 is 5.32 Å². The Morgan fingerprint density at radius 1 is 1.14 bits per heavy atom. The van der Waals surface area contributed by atoms with Crippen molar-refractivity contribution >= 4 is 21.4 Å². The van der Waals surface area contributed by atoms with Crippen LogP contribution in [0.2, 0.25) is 0 Å². The lowest BCUT2D eigenvalue weighted by Crippen LogP contribution is -2.23. The van der Waals surface area contributed by atoms with Gasteiger partial charge in [0.15, 0.2) is 0 Å². The topological polar surface area (TPSA) is 71.1 Å². The molecular weight excluding hydrogens is 318 g/mol. The summed E-state index contributed by atoms with van der Waals surface area (Å²) in [6, 6.07) is 7.15. The number of hydrogen-bond acceptors (Lipinski definition) is 5. The number of aromatic nitrogens is 1. The summed E-state index contributed by atoms with van der Waals surface area (Å²) < 4.78 is 25.7. The molecule has 5 nitrogen and oxygen atoms in total. The van der Waals surface area contributed by atoms with Crippen LogP contribution in [-0.2, 0) is 10.0 Å². The summed E-state index contributed by atoms with van der Waals surface area (Å²) in [5, 5.41) is 6.59. The van der Waals surface area contributed by atoms with Gasteiger partial charge in [-0.15, -0.1) is 11.3 Å². The Morgan fingerprint density at radius 3 is 2.27 bits per heavy atom. The zero-order valence-corrected chi connectivity index (χ0v) is 14.8. The summed E-state index contributed by atoms with van der Waals surface area (Å²) in [5.41, 5.74) is 2.07. The molecule has 2 rings (SSSR count). The van der Waals surface area contributed by atoms with Crippen LogP contribution in [0.1, 0.15) is 42.2 Å². The van der Waals surface area contributed by atoms with E-state index in [2.05, 4.69) is 34.3 Å². The molecule has 0 aliphatic carbocycles. The number of sulfonamides is 1. The number of rotatable bonds is 6. The first kappa shape index (κ1) is 17.1. The van der Waals surface area contributed by atoms with Gasteiger partial charge >= 0.3 is 0 Å². The summed E-state index contributed by atoms with van der Waals surface area (Å²) in [6.07, 6.45) is 0. The Morgan fingerprint density at radius 2 is 1.77 bits per heavy atom. The van der Waals surface area contributed by atoms with E-state index in [0.29, 0.717) is 0 Å². The van der Waals surface area contributed by atoms with Crippen molar-refractivity contribution in [3.8, 4) is 0 Å². The van der Waals surface area contributed by atoms with Crippen molar-refractivity contribution in [1.82, 2.24) is 15.0 Å². The van der Waals surface area contributed by atoms with Crippen LogP contribution in [0.4, 0.5) is 0 Å². The normalized spacial score (nSPS) is 14.7. The molecule has 0 aliphatic rings. The number of hydrogen-bond donors (Lipinski definition) is 2. The van der Waals surface area contributed by atoms with E-state index in [-0.39, 0.29) is 17.0 Å². The molecule has 2 aromatic rings. The van der Waals surface area contributed by atoms with Gasteiger partial charge in [-0.25, -0.2) is 18.1 Å². The Labute approximate surface area is 135 Å². The fourth-order valence-electron chi connectivity index (χ4n) is 2.19. The maximum Gasteiger partial charge on any atom is 0.240 e. The van der Waals surface area contributed by atoms with Crippen LogP contribution in [0.3, 0.4) is 0 Å². The maximum absolute atomic E-state index is 11.7. The van der Waals surface area contributed by atoms with Gasteiger partial charge in [-0.2, -0.15) is 0 Å². The summed E-state index contributed by atoms with van der Waals surface area (Å²) in [4.78, 5) is 4.76. The van der Waals surface area contributed by atoms with Gasteiger partial charge in [-0.1, -0.05) is 12.1 Å². The second-order valence-electron chi connectivity index (χ2n) is 5.18. The number of thiazole rings is 1. The first-order valence-corrected chi connectivity index (χ1v) is 9.41. The minimum atomic E-state index is -3.38. The molecule has 0 aliphatic heterocycles. The first-order chi connectivity index (χ1) is 10.3. The molecule has 0 bridgehead atoms. The number of nitrogens with zero attached hydrogens (tertiary/aromatic N) is 1. The SMILES string of the molecule is CNS(=O)(=O)c1ccc(C(C)NC(C)c2csc(C)n2)cc1. The molecular formula is C15H21N3O2S2. The van der Waals surface area contributed by atoms with Gasteiger partial charge in [-0.05, 0) is 45.5 Å². The van der Waals surface area contributed by atoms with Crippen LogP contribution >= 0.6 is 11.3 Å². The van der Waals surface area contributed by atoms with Crippen LogP contribution < -0.4 is 10.0 Å². The monoisotopic (exact) mass is 339 g/mol. The van der Waals surface area contributed by atoms with E-state index in [1.165, 1.54) is 7.05 Å². The third-order valence-electron chi connectivity index (χ3n) is 3.54. The summed E-state index contributed by atoms with van der Waals surface area (Å²) >= 11 is 1.64. The second kappa shape index (κ2) is 6.87. The highest BCUT2D eigenvalue weighted by Gasteiger charge is 2.15. The first-order valence-electron chi connectivity index (χ1n) is 7.05. The van der Waals surface area contributed by atoms with E-state index in [9.17, 15) is 8.42 Å². The highest BCUT2D eigenvalue weighted by molar-refractivity contribution is 7.89. The van der Waals surface area contributed by atoms with Gasteiger partial charge in [0, 0.05) is 17.5 Å². The molecule has 1 aromatic carbocycles. The predicted molar refractivity (Wildman–Crippen MR) is 89.5 cm³/mol. The fourth-order valence-corrected chi connectivity index (χ4v) is 3.63. The highest BCUT2D eigenvalue weighted by Crippen LogP contribution is 2.21. The van der Waals surface area contributed by atoms with E-state index in [1.54, 1.807) is 23.5 Å². The van der Waals surface area contributed by atoms with Crippen molar-refractivity contribution in [2.45, 2.75) is 37.8 Å². The molecule has 0 amide bonds. The second-order valence-corrected chi connectivity index (χ2v) is 8.13. The quantitative estimate of drug-likeness (QED) is 0.849. The average Bonchev–Trinajstić information content (AvgIpc) is 2.94. The molecule has 1 aromatic heterocycles. The zero-order chi connectivity index (χ0) is 16.3. The van der Waals surface area contributed by atoms with Crippen molar-refractivity contribution in [2.24, 2.45) is 0 Å². The largest absolute Gasteiger partial charge is 0.302 e. The standard InChI is InChI=1S/C15H21N3O2S2/c1-10(17-11(2)15-9-21-12(3)18-15)13-5-7-14(8-6-13)22(19,20)16-4/h5-11,16-17H,1-4H3. The molecule has 0 saturated carbocycles. The van der Waals surface area contributed by atoms with Crippen molar-refractivity contribution in [3.63, 3.8) is 0 Å². The van der Waals surface area contributed by atoms with E-state index in [4.69, 9.17) is 0 Å². The average molecular weight is 339 g/mol. The van der Waals surface area contributed by atoms with Crippen LogP contribution in [0, 0.1) is 6.92 Å². The Balaban J connectivity index is 2.08. The number of benzene rings is 1. The smallest absolute Gasteiger partial charge is 0.240 e. The molecule has 0 radical (unpaired) electrons. The summed E-state index contributed by atoms with van der Waals surface area (Å²) in [5.74, 6) is 0. The summed E-state index contributed by atoms with van der Waals surface area (Å²) in [6.45, 7) is 6.12. The maximum atomic E-state index is 11.7. The Bertz CT molecular complexity index is 724. The predicted octanol–water partition coefficient (Wildman–Crippen LogP) is 2.77. The van der Waals surface area contributed by atoms with Crippen molar-refractivity contribution in [1.29, 1.82) is 0 Å². The van der Waals surface area contributed by atoms with Crippen molar-refractivity contribution in [3.05, 3.63) is 45.9 Å². The molecule has 2 unspecified atom stereocenters.